The normalized spacial score (nSPS) is 20.1. The number of rotatable bonds is 4. The number of nitrogens with zero attached hydrogens (tertiary/aromatic N) is 2. The maximum atomic E-state index is 13.5. The number of ketones is 1. The van der Waals surface area contributed by atoms with Crippen LogP contribution in [-0.2, 0) is 4.79 Å². The van der Waals surface area contributed by atoms with E-state index in [1.54, 1.807) is 20.3 Å². The molecule has 2 aliphatic rings. The first-order chi connectivity index (χ1) is 15.2. The van der Waals surface area contributed by atoms with Crippen LogP contribution in [0, 0.1) is 0 Å². The zero-order valence-corrected chi connectivity index (χ0v) is 17.2. The van der Waals surface area contributed by atoms with Gasteiger partial charge in [0.05, 0.1) is 20.3 Å². The van der Waals surface area contributed by atoms with Gasteiger partial charge < -0.3 is 20.1 Å². The average molecular weight is 418 g/mol. The Kier molecular flexibility index (Phi) is 4.82. The first-order valence-electron chi connectivity index (χ1n) is 10.1. The minimum Gasteiger partial charge on any atom is -0.497 e. The van der Waals surface area contributed by atoms with Crippen molar-refractivity contribution in [3.63, 3.8) is 0 Å². The fraction of sp³-hybridized carbons (Fsp3) is 0.261. The molecule has 1 aromatic heterocycles. The Balaban J connectivity index is 1.62. The highest BCUT2D eigenvalue weighted by molar-refractivity contribution is 6.00. The molecule has 3 aromatic rings. The predicted molar refractivity (Wildman–Crippen MR) is 114 cm³/mol. The van der Waals surface area contributed by atoms with E-state index in [2.05, 4.69) is 33.1 Å². The summed E-state index contributed by atoms with van der Waals surface area (Å²) in [6, 6.07) is 15.2. The van der Waals surface area contributed by atoms with Gasteiger partial charge in [-0.05, 0) is 45.9 Å². The van der Waals surface area contributed by atoms with Crippen molar-refractivity contribution in [1.82, 2.24) is 10.3 Å². The molecule has 0 fully saturated rings. The summed E-state index contributed by atoms with van der Waals surface area (Å²) in [4.78, 5) is 13.5. The van der Waals surface area contributed by atoms with Crippen molar-refractivity contribution >= 4 is 17.4 Å². The third-order valence-corrected chi connectivity index (χ3v) is 5.81. The summed E-state index contributed by atoms with van der Waals surface area (Å²) >= 11 is 0. The molecule has 0 radical (unpaired) electrons. The maximum absolute atomic E-state index is 13.5. The fourth-order valence-corrected chi connectivity index (χ4v) is 4.31. The number of ether oxygens (including phenoxy) is 2. The molecule has 8 heteroatoms. The topological polar surface area (TPSA) is 98.5 Å². The molecule has 8 nitrogen and oxygen atoms in total. The number of Topliss-reactive ketones (excluding diaryl/α,β-unsaturated/α-hetero) is 1. The molecule has 158 valence electrons. The van der Waals surface area contributed by atoms with Crippen molar-refractivity contribution in [3.05, 3.63) is 70.9 Å². The van der Waals surface area contributed by atoms with Crippen LogP contribution in [0.1, 0.15) is 35.9 Å². The van der Waals surface area contributed by atoms with Crippen molar-refractivity contribution in [3.8, 4) is 11.5 Å². The number of allylic oxidation sites excluding steroid dienone is 1. The van der Waals surface area contributed by atoms with E-state index in [4.69, 9.17) is 14.1 Å². The van der Waals surface area contributed by atoms with E-state index >= 15 is 0 Å². The molecular formula is C23H22N4O4. The van der Waals surface area contributed by atoms with Gasteiger partial charge in [-0.2, -0.15) is 0 Å². The van der Waals surface area contributed by atoms with Gasteiger partial charge in [-0.3, -0.25) is 4.79 Å². The number of aromatic nitrogens is 2. The van der Waals surface area contributed by atoms with Gasteiger partial charge in [0.15, 0.2) is 5.78 Å². The van der Waals surface area contributed by atoms with Crippen molar-refractivity contribution in [2.45, 2.75) is 24.8 Å². The lowest BCUT2D eigenvalue weighted by Gasteiger charge is -2.30. The van der Waals surface area contributed by atoms with Gasteiger partial charge in [-0.1, -0.05) is 30.3 Å². The number of nitrogens with one attached hydrogen (secondary N) is 2. The van der Waals surface area contributed by atoms with Gasteiger partial charge in [0.2, 0.25) is 11.6 Å². The van der Waals surface area contributed by atoms with Crippen LogP contribution in [-0.4, -0.2) is 30.3 Å². The molecule has 2 atom stereocenters. The molecule has 2 N–H and O–H groups in total. The van der Waals surface area contributed by atoms with E-state index < -0.39 is 6.04 Å². The number of hydrogen-bond acceptors (Lipinski definition) is 8. The summed E-state index contributed by atoms with van der Waals surface area (Å²) in [5.41, 5.74) is 3.45. The molecule has 5 rings (SSSR count). The number of fused-ring (bicyclic) bond motifs is 1. The third-order valence-electron chi connectivity index (χ3n) is 5.81. The molecule has 2 aromatic carbocycles. The zero-order valence-electron chi connectivity index (χ0n) is 17.2. The largest absolute Gasteiger partial charge is 0.497 e. The molecule has 0 saturated carbocycles. The summed E-state index contributed by atoms with van der Waals surface area (Å²) in [7, 11) is 3.20. The summed E-state index contributed by atoms with van der Waals surface area (Å²) in [6.07, 6.45) is 1.11. The highest BCUT2D eigenvalue weighted by Gasteiger charge is 2.37. The molecule has 2 heterocycles. The number of carbonyl (C=O) groups excluding carboxylic acids is 1. The van der Waals surface area contributed by atoms with Crippen LogP contribution < -0.4 is 20.1 Å². The minimum atomic E-state index is -0.455. The summed E-state index contributed by atoms with van der Waals surface area (Å²) < 4.78 is 15.8. The molecule has 0 bridgehead atoms. The second-order valence-electron chi connectivity index (χ2n) is 7.64. The molecule has 0 amide bonds. The summed E-state index contributed by atoms with van der Waals surface area (Å²) in [5, 5.41) is 14.6. The number of carbonyl (C=O) groups is 1. The van der Waals surface area contributed by atoms with Crippen LogP contribution in [0.3, 0.4) is 0 Å². The Morgan fingerprint density at radius 2 is 1.65 bits per heavy atom. The second-order valence-corrected chi connectivity index (χ2v) is 7.64. The quantitative estimate of drug-likeness (QED) is 0.654. The van der Waals surface area contributed by atoms with E-state index in [1.807, 2.05) is 30.3 Å². The number of benzene rings is 2. The summed E-state index contributed by atoms with van der Waals surface area (Å²) in [5.74, 6) is 2.35. The standard InChI is InChI=1S/C23H22N4O4/c1-29-16-8-15(9-17(12-16)30-2)21-20-18(24-22-23(25-21)27-31-26-22)10-14(11-19(20)28)13-6-4-3-5-7-13/h3-9,12,14,21H,10-11H2,1-2H3,(H,24,26)(H,25,27)/t14-,21+/m1/s1. The average Bonchev–Trinajstić information content (AvgIpc) is 3.17. The Morgan fingerprint density at radius 1 is 0.935 bits per heavy atom. The summed E-state index contributed by atoms with van der Waals surface area (Å²) in [6.45, 7) is 0. The van der Waals surface area contributed by atoms with E-state index in [0.717, 1.165) is 16.8 Å². The maximum Gasteiger partial charge on any atom is 0.219 e. The molecule has 1 aliphatic heterocycles. The number of hydrogen-bond donors (Lipinski definition) is 2. The lowest BCUT2D eigenvalue weighted by atomic mass is 9.78. The van der Waals surface area contributed by atoms with Gasteiger partial charge in [-0.25, -0.2) is 4.63 Å². The first-order valence-corrected chi connectivity index (χ1v) is 10.1. The van der Waals surface area contributed by atoms with E-state index in [0.29, 0.717) is 41.5 Å². The fourth-order valence-electron chi connectivity index (χ4n) is 4.31. The van der Waals surface area contributed by atoms with Crippen LogP contribution in [0.2, 0.25) is 0 Å². The lowest BCUT2D eigenvalue weighted by Crippen LogP contribution is -2.27. The predicted octanol–water partition coefficient (Wildman–Crippen LogP) is 4.07. The lowest BCUT2D eigenvalue weighted by molar-refractivity contribution is -0.116. The molecule has 31 heavy (non-hydrogen) atoms. The Morgan fingerprint density at radius 3 is 2.35 bits per heavy atom. The van der Waals surface area contributed by atoms with Crippen LogP contribution in [0.5, 0.6) is 11.5 Å². The third kappa shape index (κ3) is 3.50. The van der Waals surface area contributed by atoms with Gasteiger partial charge in [0, 0.05) is 23.8 Å². The second kappa shape index (κ2) is 7.79. The Bertz CT molecular complexity index is 1130. The highest BCUT2D eigenvalue weighted by Crippen LogP contribution is 2.44. The van der Waals surface area contributed by atoms with E-state index in [9.17, 15) is 4.79 Å². The van der Waals surface area contributed by atoms with Gasteiger partial charge >= 0.3 is 0 Å². The first kappa shape index (κ1) is 19.2. The van der Waals surface area contributed by atoms with Crippen LogP contribution in [0.4, 0.5) is 11.6 Å². The van der Waals surface area contributed by atoms with Crippen molar-refractivity contribution in [1.29, 1.82) is 0 Å². The smallest absolute Gasteiger partial charge is 0.219 e. The number of methoxy groups -OCH3 is 2. The van der Waals surface area contributed by atoms with E-state index in [-0.39, 0.29) is 11.7 Å². The van der Waals surface area contributed by atoms with Gasteiger partial charge in [0.1, 0.15) is 11.5 Å². The van der Waals surface area contributed by atoms with Gasteiger partial charge in [0.25, 0.3) is 0 Å². The monoisotopic (exact) mass is 418 g/mol. The molecule has 0 saturated heterocycles. The molecule has 0 unspecified atom stereocenters. The van der Waals surface area contributed by atoms with Crippen LogP contribution in [0.15, 0.2) is 64.4 Å². The van der Waals surface area contributed by atoms with Crippen LogP contribution >= 0.6 is 0 Å². The Labute approximate surface area is 179 Å². The number of anilines is 2. The van der Waals surface area contributed by atoms with Crippen LogP contribution in [0.25, 0.3) is 0 Å². The Hall–Kier alpha value is -3.81. The van der Waals surface area contributed by atoms with E-state index in [1.165, 1.54) is 0 Å². The van der Waals surface area contributed by atoms with Crippen molar-refractivity contribution < 1.29 is 18.9 Å². The molecular weight excluding hydrogens is 396 g/mol. The van der Waals surface area contributed by atoms with Crippen molar-refractivity contribution in [2.24, 2.45) is 0 Å². The molecule has 1 aliphatic carbocycles. The SMILES string of the molecule is COc1cc(OC)cc([C@@H]2Nc3nonc3NC3=C2C(=O)C[C@H](c2ccccc2)C3)c1. The highest BCUT2D eigenvalue weighted by atomic mass is 16.6. The molecule has 0 spiro atoms. The zero-order chi connectivity index (χ0) is 21.4. The van der Waals surface area contributed by atoms with Crippen molar-refractivity contribution in [2.75, 3.05) is 24.9 Å². The minimum absolute atomic E-state index is 0.0731. The van der Waals surface area contributed by atoms with Gasteiger partial charge in [-0.15, -0.1) is 0 Å².